The first kappa shape index (κ1) is 8.64. The highest BCUT2D eigenvalue weighted by Crippen LogP contribution is 2.18. The van der Waals surface area contributed by atoms with Gasteiger partial charge in [0, 0.05) is 0 Å². The Morgan fingerprint density at radius 1 is 1.55 bits per heavy atom. The van der Waals surface area contributed by atoms with Crippen molar-refractivity contribution in [3.63, 3.8) is 0 Å². The monoisotopic (exact) mass is 185 g/mol. The van der Waals surface area contributed by atoms with Crippen LogP contribution in [0, 0.1) is 6.92 Å². The van der Waals surface area contributed by atoms with Crippen LogP contribution in [0.15, 0.2) is 28.8 Å². The van der Waals surface area contributed by atoms with Crippen LogP contribution in [0.25, 0.3) is 0 Å². The number of aryl methyl sites for hydroxylation is 1. The number of hydrogen-bond donors (Lipinski definition) is 0. The van der Waals surface area contributed by atoms with E-state index in [0.717, 1.165) is 5.75 Å². The summed E-state index contributed by atoms with van der Waals surface area (Å²) in [7, 11) is 2.87. The Morgan fingerprint density at radius 2 is 2.36 bits per heavy atom. The van der Waals surface area contributed by atoms with Gasteiger partial charge in [0.1, 0.15) is 5.75 Å². The van der Waals surface area contributed by atoms with Crippen LogP contribution in [-0.2, 0) is 0 Å². The van der Waals surface area contributed by atoms with Gasteiger partial charge in [0.25, 0.3) is 0 Å². The van der Waals surface area contributed by atoms with Gasteiger partial charge in [-0.15, -0.1) is 0 Å². The van der Waals surface area contributed by atoms with Gasteiger partial charge in [-0.2, -0.15) is 0 Å². The van der Waals surface area contributed by atoms with Gasteiger partial charge in [-0.25, -0.2) is 4.52 Å². The molecule has 0 N–H and O–H groups in total. The van der Waals surface area contributed by atoms with E-state index in [1.807, 2.05) is 31.2 Å². The van der Waals surface area contributed by atoms with Crippen LogP contribution in [-0.4, -0.2) is 0 Å². The highest BCUT2D eigenvalue weighted by Gasteiger charge is 1.89. The fourth-order valence-corrected chi connectivity index (χ4v) is 1.14. The fraction of sp³-hybridized carbons (Fsp3) is 0.143. The zero-order valence-electron chi connectivity index (χ0n) is 6.19. The molecule has 0 aliphatic carbocycles. The van der Waals surface area contributed by atoms with Crippen molar-refractivity contribution in [3.8, 4) is 5.75 Å². The second-order valence-electron chi connectivity index (χ2n) is 2.10. The van der Waals surface area contributed by atoms with E-state index in [4.69, 9.17) is 4.52 Å². The van der Waals surface area contributed by atoms with Crippen molar-refractivity contribution in [2.24, 2.45) is 4.52 Å². The molecule has 0 fully saturated rings. The Kier molecular flexibility index (Phi) is 3.48. The van der Waals surface area contributed by atoms with E-state index in [-0.39, 0.29) is 0 Å². The Bertz CT molecular complexity index is 262. The first-order valence-electron chi connectivity index (χ1n) is 3.17. The highest BCUT2D eigenvalue weighted by molar-refractivity contribution is 7.31. The van der Waals surface area contributed by atoms with Gasteiger partial charge >= 0.3 is 0 Å². The first-order valence-corrected chi connectivity index (χ1v) is 4.45. The summed E-state index contributed by atoms with van der Waals surface area (Å²) in [6.45, 7) is 2.03. The van der Waals surface area contributed by atoms with E-state index in [0.29, 0.717) is 8.60 Å². The van der Waals surface area contributed by atoms with Crippen molar-refractivity contribution >= 4 is 18.0 Å². The quantitative estimate of drug-likeness (QED) is 0.648. The molecule has 58 valence electrons. The summed E-state index contributed by atoms with van der Waals surface area (Å²) in [6, 6.07) is 7.88. The number of hydrogen-bond acceptors (Lipinski definition) is 2. The molecule has 11 heavy (non-hydrogen) atoms. The molecular formula is C7H9NOP2. The van der Waals surface area contributed by atoms with Crippen molar-refractivity contribution in [3.05, 3.63) is 29.8 Å². The summed E-state index contributed by atoms with van der Waals surface area (Å²) >= 11 is 0. The Labute approximate surface area is 70.2 Å². The normalized spacial score (nSPS) is 10.4. The average molecular weight is 185 g/mol. The zero-order chi connectivity index (χ0) is 8.10. The molecule has 1 rings (SSSR count). The molecule has 0 heterocycles. The van der Waals surface area contributed by atoms with E-state index >= 15 is 0 Å². The van der Waals surface area contributed by atoms with Gasteiger partial charge in [-0.05, 0) is 34.0 Å². The summed E-state index contributed by atoms with van der Waals surface area (Å²) < 4.78 is 8.95. The van der Waals surface area contributed by atoms with Crippen LogP contribution in [0.3, 0.4) is 0 Å². The molecule has 0 aliphatic rings. The van der Waals surface area contributed by atoms with Gasteiger partial charge in [0.05, 0.1) is 0 Å². The molecular weight excluding hydrogens is 176 g/mol. The van der Waals surface area contributed by atoms with E-state index < -0.39 is 0 Å². The maximum absolute atomic E-state index is 5.22. The number of benzene rings is 1. The maximum Gasteiger partial charge on any atom is 0.245 e. The van der Waals surface area contributed by atoms with Crippen LogP contribution < -0.4 is 4.52 Å². The summed E-state index contributed by atoms with van der Waals surface area (Å²) in [5.74, 6) is 0.859. The number of rotatable bonds is 2. The Balaban J connectivity index is 2.71. The predicted molar refractivity (Wildman–Crippen MR) is 50.9 cm³/mol. The van der Waals surface area contributed by atoms with E-state index in [1.165, 1.54) is 5.56 Å². The molecule has 0 aliphatic heterocycles. The fourth-order valence-electron chi connectivity index (χ4n) is 0.743. The standard InChI is InChI=1S/C7H9NOP2/c1-6-3-2-4-7(5-6)9-11-8-10/h2-5H,10H2,1H3. The molecule has 2 nitrogen and oxygen atoms in total. The topological polar surface area (TPSA) is 21.6 Å². The Morgan fingerprint density at radius 3 is 3.00 bits per heavy atom. The molecule has 0 spiro atoms. The first-order chi connectivity index (χ1) is 5.33. The largest absolute Gasteiger partial charge is 0.423 e. The third-order valence-electron chi connectivity index (χ3n) is 1.18. The molecule has 1 aromatic rings. The lowest BCUT2D eigenvalue weighted by atomic mass is 10.2. The van der Waals surface area contributed by atoms with E-state index in [1.54, 1.807) is 0 Å². The summed E-state index contributed by atoms with van der Waals surface area (Å²) in [4.78, 5) is 0. The minimum atomic E-state index is 0.617. The third kappa shape index (κ3) is 2.96. The predicted octanol–water partition coefficient (Wildman–Crippen LogP) is 3.21. The SMILES string of the molecule is Cc1cccc(OP=NP)c1. The van der Waals surface area contributed by atoms with Gasteiger partial charge in [-0.1, -0.05) is 12.1 Å². The summed E-state index contributed by atoms with van der Waals surface area (Å²) in [6.07, 6.45) is 0. The summed E-state index contributed by atoms with van der Waals surface area (Å²) in [5, 5.41) is 0. The van der Waals surface area contributed by atoms with Gasteiger partial charge in [0.2, 0.25) is 8.60 Å². The molecule has 0 aromatic heterocycles. The lowest BCUT2D eigenvalue weighted by Gasteiger charge is -1.97. The maximum atomic E-state index is 5.22. The van der Waals surface area contributed by atoms with Crippen molar-refractivity contribution in [2.75, 3.05) is 0 Å². The van der Waals surface area contributed by atoms with Crippen molar-refractivity contribution < 1.29 is 4.52 Å². The van der Waals surface area contributed by atoms with E-state index in [2.05, 4.69) is 13.9 Å². The molecule has 0 saturated heterocycles. The average Bonchev–Trinajstić information content (AvgIpc) is 2.01. The zero-order valence-corrected chi connectivity index (χ0v) is 8.24. The van der Waals surface area contributed by atoms with Crippen molar-refractivity contribution in [2.45, 2.75) is 6.92 Å². The van der Waals surface area contributed by atoms with Gasteiger partial charge in [-0.3, -0.25) is 0 Å². The summed E-state index contributed by atoms with van der Waals surface area (Å²) in [5.41, 5.74) is 1.20. The second-order valence-corrected chi connectivity index (χ2v) is 3.37. The molecule has 1 atom stereocenters. The molecule has 0 saturated carbocycles. The van der Waals surface area contributed by atoms with Crippen molar-refractivity contribution in [1.29, 1.82) is 0 Å². The Hall–Kier alpha value is -0.450. The van der Waals surface area contributed by atoms with Crippen LogP contribution in [0.1, 0.15) is 5.56 Å². The van der Waals surface area contributed by atoms with Crippen molar-refractivity contribution in [1.82, 2.24) is 0 Å². The lowest BCUT2D eigenvalue weighted by Crippen LogP contribution is -1.75. The van der Waals surface area contributed by atoms with Crippen LogP contribution in [0.5, 0.6) is 5.75 Å². The van der Waals surface area contributed by atoms with E-state index in [9.17, 15) is 0 Å². The molecule has 4 heteroatoms. The molecule has 0 bridgehead atoms. The molecule has 1 unspecified atom stereocenters. The molecule has 0 radical (unpaired) electrons. The molecule has 0 amide bonds. The third-order valence-corrected chi connectivity index (χ3v) is 1.85. The minimum Gasteiger partial charge on any atom is -0.423 e. The number of nitrogens with zero attached hydrogens (tertiary/aromatic N) is 1. The lowest BCUT2D eigenvalue weighted by molar-refractivity contribution is 0.639. The highest BCUT2D eigenvalue weighted by atomic mass is 31.1. The molecule has 1 aromatic carbocycles. The van der Waals surface area contributed by atoms with Crippen LogP contribution >= 0.6 is 18.0 Å². The van der Waals surface area contributed by atoms with Gasteiger partial charge < -0.3 is 4.52 Å². The smallest absolute Gasteiger partial charge is 0.245 e. The second kappa shape index (κ2) is 4.43. The van der Waals surface area contributed by atoms with Crippen LogP contribution in [0.4, 0.5) is 0 Å². The van der Waals surface area contributed by atoms with Gasteiger partial charge in [0.15, 0.2) is 0 Å². The minimum absolute atomic E-state index is 0.617. The van der Waals surface area contributed by atoms with Crippen LogP contribution in [0.2, 0.25) is 0 Å².